The van der Waals surface area contributed by atoms with Crippen LogP contribution in [0.15, 0.2) is 48.5 Å². The predicted octanol–water partition coefficient (Wildman–Crippen LogP) is 1.78. The first-order valence-corrected chi connectivity index (χ1v) is 7.52. The minimum atomic E-state index is 0.706. The number of nitrogens with zero attached hydrogens (tertiary/aromatic N) is 2. The number of aromatic nitrogens is 2. The van der Waals surface area contributed by atoms with Crippen LogP contribution in [0, 0.1) is 0 Å². The third-order valence-corrected chi connectivity index (χ3v) is 3.63. The number of fused-ring (bicyclic) bond motifs is 1. The van der Waals surface area contributed by atoms with E-state index in [9.17, 15) is 0 Å². The second-order valence-electron chi connectivity index (χ2n) is 4.59. The van der Waals surface area contributed by atoms with Crippen LogP contribution in [-0.2, 0) is 6.54 Å². The molecule has 106 valence electrons. The number of nitrogens with one attached hydrogen (secondary N) is 1. The van der Waals surface area contributed by atoms with Crippen LogP contribution in [0.1, 0.15) is 5.56 Å². The molecule has 0 aliphatic carbocycles. The molecule has 3 aromatic rings. The second-order valence-corrected chi connectivity index (χ2v) is 5.43. The van der Waals surface area contributed by atoms with Crippen LogP contribution >= 0.6 is 0 Å². The zero-order chi connectivity index (χ0) is 14.7. The molecule has 0 aliphatic rings. The van der Waals surface area contributed by atoms with Crippen LogP contribution in [0.4, 0.5) is 5.82 Å². The van der Waals surface area contributed by atoms with E-state index in [1.54, 1.807) is 7.11 Å². The Balaban J connectivity index is 1.84. The Kier molecular flexibility index (Phi) is 4.04. The molecule has 1 heterocycles. The summed E-state index contributed by atoms with van der Waals surface area (Å²) in [7, 11) is 1.67. The Morgan fingerprint density at radius 1 is 1.05 bits per heavy atom. The van der Waals surface area contributed by atoms with E-state index in [-0.39, 0.29) is 0 Å². The molecule has 0 fully saturated rings. The monoisotopic (exact) mass is 345 g/mol. The number of para-hydroxylation sites is 1. The van der Waals surface area contributed by atoms with Gasteiger partial charge < -0.3 is 0 Å². The fraction of sp³-hybridized carbons (Fsp3) is 0.125. The van der Waals surface area contributed by atoms with Gasteiger partial charge in [-0.05, 0) is 0 Å². The Morgan fingerprint density at radius 3 is 2.57 bits per heavy atom. The van der Waals surface area contributed by atoms with Gasteiger partial charge in [0.25, 0.3) is 0 Å². The van der Waals surface area contributed by atoms with E-state index in [4.69, 9.17) is 4.74 Å². The summed E-state index contributed by atoms with van der Waals surface area (Å²) in [5.41, 5.74) is 2.12. The molecular formula is C16H15N3OSe. The number of benzene rings is 2. The number of ether oxygens (including phenoxy) is 1. The van der Waals surface area contributed by atoms with Crippen molar-refractivity contribution in [1.29, 1.82) is 0 Å². The third-order valence-electron chi connectivity index (χ3n) is 3.21. The first-order chi connectivity index (χ1) is 10.3. The third kappa shape index (κ3) is 3.15. The second kappa shape index (κ2) is 6.12. The van der Waals surface area contributed by atoms with Crippen LogP contribution in [0.5, 0.6) is 5.75 Å². The summed E-state index contributed by atoms with van der Waals surface area (Å²) in [6.45, 7) is 0.706. The molecule has 0 aliphatic heterocycles. The summed E-state index contributed by atoms with van der Waals surface area (Å²) < 4.78 is 5.87. The normalized spacial score (nSPS) is 10.6. The molecule has 3 rings (SSSR count). The maximum absolute atomic E-state index is 5.16. The summed E-state index contributed by atoms with van der Waals surface area (Å²) in [6.07, 6.45) is 0. The molecule has 21 heavy (non-hydrogen) atoms. The average Bonchev–Trinajstić information content (AvgIpc) is 2.53. The van der Waals surface area contributed by atoms with Gasteiger partial charge >= 0.3 is 131 Å². The quantitative estimate of drug-likeness (QED) is 0.733. The average molecular weight is 344 g/mol. The predicted molar refractivity (Wildman–Crippen MR) is 86.6 cm³/mol. The molecule has 4 nitrogen and oxygen atoms in total. The molecule has 0 spiro atoms. The van der Waals surface area contributed by atoms with E-state index in [1.165, 1.54) is 5.56 Å². The first-order valence-electron chi connectivity index (χ1n) is 6.59. The molecule has 0 radical (unpaired) electrons. The van der Waals surface area contributed by atoms with Crippen molar-refractivity contribution in [1.82, 2.24) is 9.97 Å². The van der Waals surface area contributed by atoms with Crippen LogP contribution in [-0.4, -0.2) is 33.1 Å². The molecule has 0 atom stereocenters. The van der Waals surface area contributed by atoms with Crippen LogP contribution in [0.25, 0.3) is 10.9 Å². The van der Waals surface area contributed by atoms with Crippen molar-refractivity contribution in [2.45, 2.75) is 6.54 Å². The Morgan fingerprint density at radius 2 is 1.81 bits per heavy atom. The Bertz CT molecular complexity index is 759. The van der Waals surface area contributed by atoms with Crippen molar-refractivity contribution >= 4 is 37.5 Å². The Hall–Kier alpha value is -2.10. The van der Waals surface area contributed by atoms with Crippen LogP contribution < -0.4 is 14.8 Å². The van der Waals surface area contributed by atoms with Gasteiger partial charge in [0.2, 0.25) is 0 Å². The van der Waals surface area contributed by atoms with Crippen molar-refractivity contribution in [2.75, 3.05) is 12.4 Å². The molecular weight excluding hydrogens is 329 g/mol. The van der Waals surface area contributed by atoms with Gasteiger partial charge in [-0.1, -0.05) is 0 Å². The molecule has 5 heteroatoms. The maximum atomic E-state index is 5.16. The zero-order valence-corrected chi connectivity index (χ0v) is 13.5. The molecule has 1 aromatic heterocycles. The topological polar surface area (TPSA) is 47.0 Å². The zero-order valence-electron chi connectivity index (χ0n) is 11.6. The van der Waals surface area contributed by atoms with Crippen molar-refractivity contribution in [3.05, 3.63) is 54.1 Å². The van der Waals surface area contributed by atoms with E-state index >= 15 is 0 Å². The van der Waals surface area contributed by atoms with E-state index in [0.29, 0.717) is 11.3 Å². The van der Waals surface area contributed by atoms with Crippen molar-refractivity contribution in [2.24, 2.45) is 0 Å². The van der Waals surface area contributed by atoms with Crippen LogP contribution in [0.2, 0.25) is 0 Å². The Labute approximate surface area is 131 Å². The summed E-state index contributed by atoms with van der Waals surface area (Å²) in [6, 6.07) is 16.0. The molecule has 0 unspecified atom stereocenters. The van der Waals surface area contributed by atoms with Crippen LogP contribution in [0.3, 0.4) is 0 Å². The van der Waals surface area contributed by atoms with Gasteiger partial charge in [-0.2, -0.15) is 0 Å². The van der Waals surface area contributed by atoms with E-state index in [1.807, 2.05) is 48.5 Å². The standard InChI is InChI=1S/C16H15N3OSe/c1-20-12-8-6-11(7-9-12)10-17-15-13-4-2-3-5-14(13)18-16(21)19-15/h2-9H,10H2,1H3,(H2,17,18,19,21). The number of hydrogen-bond acceptors (Lipinski definition) is 4. The fourth-order valence-electron chi connectivity index (χ4n) is 2.13. The van der Waals surface area contributed by atoms with Gasteiger partial charge in [0, 0.05) is 0 Å². The summed E-state index contributed by atoms with van der Waals surface area (Å²) in [5, 5.41) is 4.41. The molecule has 0 saturated carbocycles. The van der Waals surface area contributed by atoms with Gasteiger partial charge in [0.05, 0.1) is 0 Å². The first kappa shape index (κ1) is 13.9. The number of rotatable bonds is 4. The fourth-order valence-corrected chi connectivity index (χ4v) is 2.56. The van der Waals surface area contributed by atoms with E-state index in [0.717, 1.165) is 22.5 Å². The number of hydrogen-bond donors (Lipinski definition) is 1. The van der Waals surface area contributed by atoms with Gasteiger partial charge in [0.1, 0.15) is 0 Å². The van der Waals surface area contributed by atoms with Crippen molar-refractivity contribution < 1.29 is 4.74 Å². The van der Waals surface area contributed by atoms with Crippen molar-refractivity contribution in [3.63, 3.8) is 0 Å². The van der Waals surface area contributed by atoms with Gasteiger partial charge in [-0.3, -0.25) is 0 Å². The molecule has 2 aromatic carbocycles. The molecule has 0 bridgehead atoms. The van der Waals surface area contributed by atoms with Gasteiger partial charge in [0.15, 0.2) is 0 Å². The molecule has 0 saturated heterocycles. The summed E-state index contributed by atoms with van der Waals surface area (Å²) in [4.78, 5) is 8.89. The van der Waals surface area contributed by atoms with Crippen molar-refractivity contribution in [3.8, 4) is 5.75 Å². The van der Waals surface area contributed by atoms with E-state index < -0.39 is 0 Å². The van der Waals surface area contributed by atoms with E-state index in [2.05, 4.69) is 31.3 Å². The summed E-state index contributed by atoms with van der Waals surface area (Å²) >= 11 is 2.39. The van der Waals surface area contributed by atoms with Gasteiger partial charge in [-0.15, -0.1) is 0 Å². The SMILES string of the molecule is COc1ccc(CNc2nc([SeH])nc3ccccc23)cc1. The van der Waals surface area contributed by atoms with Gasteiger partial charge in [-0.25, -0.2) is 0 Å². The number of methoxy groups -OCH3 is 1. The molecule has 0 amide bonds. The number of anilines is 1. The minimum absolute atomic E-state index is 0.706. The molecule has 1 N–H and O–H groups in total. The summed E-state index contributed by atoms with van der Waals surface area (Å²) in [5.74, 6) is 1.71.